The molecule has 2 fully saturated rings. The van der Waals surface area contributed by atoms with Gasteiger partial charge in [0.05, 0.1) is 20.1 Å². The van der Waals surface area contributed by atoms with Crippen LogP contribution in [0.4, 0.5) is 0 Å². The highest BCUT2D eigenvalue weighted by atomic mass is 35.5. The summed E-state index contributed by atoms with van der Waals surface area (Å²) in [6.07, 6.45) is 1.54. The lowest BCUT2D eigenvalue weighted by Crippen LogP contribution is -2.47. The summed E-state index contributed by atoms with van der Waals surface area (Å²) in [5.41, 5.74) is 0.344. The standard InChI is InChI=1S/C20H28N2O5.ClH/c1-20(7-9-21-10-8-20)19(25)22-11-14(15(12-22)18(23)24)13-5-4-6-16(26-2)17(13)27-3;/h4-6,14-15,21H,7-12H2,1-3H3,(H,23,24);1H/t14-,15+;/m0./s1. The van der Waals surface area contributed by atoms with Crippen molar-refractivity contribution in [3.63, 3.8) is 0 Å². The Kier molecular flexibility index (Phi) is 7.17. The zero-order valence-corrected chi connectivity index (χ0v) is 17.4. The minimum atomic E-state index is -0.893. The van der Waals surface area contributed by atoms with Crippen molar-refractivity contribution in [2.75, 3.05) is 40.4 Å². The fraction of sp³-hybridized carbons (Fsp3) is 0.600. The van der Waals surface area contributed by atoms with Crippen LogP contribution in [-0.4, -0.2) is 62.3 Å². The number of carbonyl (C=O) groups excluding carboxylic acids is 1. The molecule has 0 bridgehead atoms. The van der Waals surface area contributed by atoms with Crippen molar-refractivity contribution in [1.29, 1.82) is 0 Å². The molecule has 2 heterocycles. The Morgan fingerprint density at radius 1 is 1.18 bits per heavy atom. The maximum atomic E-state index is 13.2. The van der Waals surface area contributed by atoms with Crippen molar-refractivity contribution >= 4 is 24.3 Å². The van der Waals surface area contributed by atoms with Gasteiger partial charge in [-0.1, -0.05) is 19.1 Å². The first-order valence-corrected chi connectivity index (χ1v) is 9.35. The molecule has 0 spiro atoms. The van der Waals surface area contributed by atoms with E-state index in [2.05, 4.69) is 5.32 Å². The number of amides is 1. The van der Waals surface area contributed by atoms with E-state index in [-0.39, 0.29) is 30.8 Å². The Hall–Kier alpha value is -1.99. The first kappa shape index (κ1) is 22.3. The molecule has 1 aromatic carbocycles. The van der Waals surface area contributed by atoms with E-state index in [1.54, 1.807) is 25.2 Å². The van der Waals surface area contributed by atoms with Crippen molar-refractivity contribution in [2.45, 2.75) is 25.7 Å². The molecule has 0 aliphatic carbocycles. The molecule has 0 radical (unpaired) electrons. The number of ether oxygens (including phenoxy) is 2. The van der Waals surface area contributed by atoms with Gasteiger partial charge in [0.15, 0.2) is 11.5 Å². The average molecular weight is 413 g/mol. The van der Waals surface area contributed by atoms with Crippen molar-refractivity contribution in [3.8, 4) is 11.5 Å². The summed E-state index contributed by atoms with van der Waals surface area (Å²) in [5.74, 6) is -0.731. The Bertz CT molecular complexity index is 721. The summed E-state index contributed by atoms with van der Waals surface area (Å²) < 4.78 is 10.9. The summed E-state index contributed by atoms with van der Waals surface area (Å²) in [6, 6.07) is 5.47. The maximum absolute atomic E-state index is 13.2. The van der Waals surface area contributed by atoms with Crippen LogP contribution in [-0.2, 0) is 9.59 Å². The van der Waals surface area contributed by atoms with E-state index < -0.39 is 17.3 Å². The van der Waals surface area contributed by atoms with Crippen LogP contribution in [0.5, 0.6) is 11.5 Å². The normalized spacial score (nSPS) is 23.6. The third-order valence-corrected chi connectivity index (χ3v) is 5.98. The van der Waals surface area contributed by atoms with Gasteiger partial charge in [0.25, 0.3) is 0 Å². The van der Waals surface area contributed by atoms with Crippen molar-refractivity contribution < 1.29 is 24.2 Å². The number of methoxy groups -OCH3 is 2. The summed E-state index contributed by atoms with van der Waals surface area (Å²) in [6.45, 7) is 4.22. The molecular weight excluding hydrogens is 384 g/mol. The van der Waals surface area contributed by atoms with Gasteiger partial charge in [-0.2, -0.15) is 0 Å². The lowest BCUT2D eigenvalue weighted by atomic mass is 9.79. The van der Waals surface area contributed by atoms with Crippen molar-refractivity contribution in [1.82, 2.24) is 10.2 Å². The molecule has 2 saturated heterocycles. The zero-order valence-electron chi connectivity index (χ0n) is 16.6. The number of hydrogen-bond donors (Lipinski definition) is 2. The average Bonchev–Trinajstić information content (AvgIpc) is 3.12. The van der Waals surface area contributed by atoms with Crippen LogP contribution in [0.3, 0.4) is 0 Å². The highest BCUT2D eigenvalue weighted by Gasteiger charge is 2.46. The molecule has 0 unspecified atom stereocenters. The van der Waals surface area contributed by atoms with E-state index in [1.807, 2.05) is 19.1 Å². The lowest BCUT2D eigenvalue weighted by Gasteiger charge is -2.36. The molecule has 2 atom stereocenters. The van der Waals surface area contributed by atoms with E-state index in [4.69, 9.17) is 9.47 Å². The van der Waals surface area contributed by atoms with Gasteiger partial charge < -0.3 is 24.8 Å². The van der Waals surface area contributed by atoms with Gasteiger partial charge in [-0.25, -0.2) is 0 Å². The Labute approximate surface area is 171 Å². The van der Waals surface area contributed by atoms with E-state index in [1.165, 1.54) is 0 Å². The molecule has 28 heavy (non-hydrogen) atoms. The number of benzene rings is 1. The molecule has 1 aromatic rings. The number of aliphatic carboxylic acids is 1. The fourth-order valence-electron chi connectivity index (χ4n) is 4.31. The van der Waals surface area contributed by atoms with E-state index in [0.29, 0.717) is 18.0 Å². The van der Waals surface area contributed by atoms with Crippen LogP contribution in [0.2, 0.25) is 0 Å². The van der Waals surface area contributed by atoms with Crippen LogP contribution in [0.15, 0.2) is 18.2 Å². The highest BCUT2D eigenvalue weighted by Crippen LogP contribution is 2.43. The molecule has 1 amide bonds. The van der Waals surface area contributed by atoms with Gasteiger partial charge in [0, 0.05) is 30.0 Å². The Morgan fingerprint density at radius 2 is 1.86 bits per heavy atom. The second kappa shape index (κ2) is 9.01. The van der Waals surface area contributed by atoms with Gasteiger partial charge in [-0.05, 0) is 32.0 Å². The van der Waals surface area contributed by atoms with E-state index >= 15 is 0 Å². The van der Waals surface area contributed by atoms with Gasteiger partial charge >= 0.3 is 5.97 Å². The molecule has 0 saturated carbocycles. The Balaban J connectivity index is 0.00000280. The second-order valence-corrected chi connectivity index (χ2v) is 7.65. The molecule has 2 N–H and O–H groups in total. The van der Waals surface area contributed by atoms with E-state index in [9.17, 15) is 14.7 Å². The number of nitrogens with one attached hydrogen (secondary N) is 1. The lowest BCUT2D eigenvalue weighted by molar-refractivity contribution is -0.143. The van der Waals surface area contributed by atoms with Crippen LogP contribution in [0.1, 0.15) is 31.2 Å². The first-order valence-electron chi connectivity index (χ1n) is 9.35. The Morgan fingerprint density at radius 3 is 2.43 bits per heavy atom. The minimum absolute atomic E-state index is 0. The molecule has 7 nitrogen and oxygen atoms in total. The van der Waals surface area contributed by atoms with Crippen LogP contribution >= 0.6 is 12.4 Å². The number of rotatable bonds is 5. The van der Waals surface area contributed by atoms with Gasteiger partial charge in [-0.15, -0.1) is 12.4 Å². The zero-order chi connectivity index (χ0) is 19.6. The summed E-state index contributed by atoms with van der Waals surface area (Å²) in [5, 5.41) is 13.1. The predicted molar refractivity (Wildman–Crippen MR) is 107 cm³/mol. The summed E-state index contributed by atoms with van der Waals surface area (Å²) in [4.78, 5) is 26.9. The highest BCUT2D eigenvalue weighted by molar-refractivity contribution is 5.85. The number of carbonyl (C=O) groups is 2. The fourth-order valence-corrected chi connectivity index (χ4v) is 4.31. The molecule has 0 aromatic heterocycles. The quantitative estimate of drug-likeness (QED) is 0.770. The SMILES string of the molecule is COc1cccc([C@@H]2CN(C(=O)C3(C)CCNCC3)C[C@H]2C(=O)O)c1OC.Cl. The van der Waals surface area contributed by atoms with Crippen LogP contribution < -0.4 is 14.8 Å². The van der Waals surface area contributed by atoms with Crippen LogP contribution in [0.25, 0.3) is 0 Å². The van der Waals surface area contributed by atoms with Crippen LogP contribution in [0, 0.1) is 11.3 Å². The third-order valence-electron chi connectivity index (χ3n) is 5.98. The van der Waals surface area contributed by atoms with Crippen molar-refractivity contribution in [2.24, 2.45) is 11.3 Å². The minimum Gasteiger partial charge on any atom is -0.493 e. The number of halogens is 1. The summed E-state index contributed by atoms with van der Waals surface area (Å²) in [7, 11) is 3.10. The number of likely N-dealkylation sites (tertiary alicyclic amines) is 1. The number of carboxylic acids is 1. The molecule has 3 rings (SSSR count). The van der Waals surface area contributed by atoms with Crippen molar-refractivity contribution in [3.05, 3.63) is 23.8 Å². The molecule has 2 aliphatic heterocycles. The molecule has 2 aliphatic rings. The third kappa shape index (κ3) is 4.05. The number of piperidine rings is 1. The number of para-hydroxylation sites is 1. The predicted octanol–water partition coefficient (Wildman–Crippen LogP) is 2.14. The van der Waals surface area contributed by atoms with Gasteiger partial charge in [0.2, 0.25) is 5.91 Å². The monoisotopic (exact) mass is 412 g/mol. The molecular formula is C20H29ClN2O5. The smallest absolute Gasteiger partial charge is 0.308 e. The summed E-state index contributed by atoms with van der Waals surface area (Å²) >= 11 is 0. The largest absolute Gasteiger partial charge is 0.493 e. The second-order valence-electron chi connectivity index (χ2n) is 7.65. The molecule has 8 heteroatoms. The number of hydrogen-bond acceptors (Lipinski definition) is 5. The maximum Gasteiger partial charge on any atom is 0.308 e. The van der Waals surface area contributed by atoms with Gasteiger partial charge in [0.1, 0.15) is 0 Å². The first-order chi connectivity index (χ1) is 12.9. The topological polar surface area (TPSA) is 88.1 Å². The number of nitrogens with zero attached hydrogens (tertiary/aromatic N) is 1. The van der Waals surface area contributed by atoms with E-state index in [0.717, 1.165) is 31.5 Å². The van der Waals surface area contributed by atoms with Gasteiger partial charge in [-0.3, -0.25) is 9.59 Å². The number of carboxylic acid groups (broad SMARTS) is 1. The molecule has 156 valence electrons.